The van der Waals surface area contributed by atoms with Crippen LogP contribution in [0.25, 0.3) is 0 Å². The predicted octanol–water partition coefficient (Wildman–Crippen LogP) is 1.92. The monoisotopic (exact) mass is 332 g/mol. The molecule has 0 aliphatic heterocycles. The van der Waals surface area contributed by atoms with Gasteiger partial charge >= 0.3 is 6.18 Å². The van der Waals surface area contributed by atoms with Crippen LogP contribution in [-0.4, -0.2) is 20.7 Å². The molecule has 0 bridgehead atoms. The van der Waals surface area contributed by atoms with E-state index in [1.54, 1.807) is 0 Å². The molecule has 2 heterocycles. The maximum Gasteiger partial charge on any atom is 0.417 e. The van der Waals surface area contributed by atoms with Gasteiger partial charge in [-0.1, -0.05) is 18.3 Å². The Morgan fingerprint density at radius 3 is 2.68 bits per heavy atom. The molecule has 0 unspecified atom stereocenters. The number of nitrogens with zero attached hydrogens (tertiary/aromatic N) is 3. The molecule has 0 saturated carbocycles. The number of aromatic nitrogens is 3. The van der Waals surface area contributed by atoms with Gasteiger partial charge in [-0.2, -0.15) is 13.2 Å². The molecule has 1 N–H and O–H groups in total. The fraction of sp³-hybridized carbons (Fsp3) is 0.333. The van der Waals surface area contributed by atoms with Crippen molar-refractivity contribution in [3.8, 4) is 0 Å². The number of carbonyl (C=O) groups excluding carboxylic acids is 1. The largest absolute Gasteiger partial charge is 0.417 e. The van der Waals surface area contributed by atoms with Crippen molar-refractivity contribution < 1.29 is 18.0 Å². The number of aryl methyl sites for hydroxylation is 1. The van der Waals surface area contributed by atoms with Gasteiger partial charge in [-0.15, -0.1) is 10.2 Å². The molecule has 22 heavy (non-hydrogen) atoms. The molecule has 6 nitrogen and oxygen atoms in total. The van der Waals surface area contributed by atoms with E-state index in [0.717, 1.165) is 17.4 Å². The summed E-state index contributed by atoms with van der Waals surface area (Å²) in [6, 6.07) is 1.45. The molecule has 10 heteroatoms. The predicted molar refractivity (Wildman–Crippen MR) is 73.6 cm³/mol. The number of pyridine rings is 1. The molecule has 0 atom stereocenters. The average molecular weight is 332 g/mol. The first kappa shape index (κ1) is 16.1. The zero-order valence-electron chi connectivity index (χ0n) is 11.3. The number of alkyl halides is 3. The second kappa shape index (κ2) is 6.26. The first-order valence-electron chi connectivity index (χ1n) is 6.19. The Balaban J connectivity index is 2.12. The molecular formula is C12H11F3N4O2S. The highest BCUT2D eigenvalue weighted by molar-refractivity contribution is 7.15. The van der Waals surface area contributed by atoms with E-state index in [9.17, 15) is 22.8 Å². The summed E-state index contributed by atoms with van der Waals surface area (Å²) in [4.78, 5) is 23.3. The van der Waals surface area contributed by atoms with Crippen LogP contribution in [0.1, 0.15) is 17.5 Å². The Morgan fingerprint density at radius 1 is 1.36 bits per heavy atom. The maximum atomic E-state index is 12.6. The van der Waals surface area contributed by atoms with Gasteiger partial charge < -0.3 is 4.57 Å². The summed E-state index contributed by atoms with van der Waals surface area (Å²) in [7, 11) is 0. The number of amides is 1. The van der Waals surface area contributed by atoms with Crippen LogP contribution in [0.15, 0.2) is 23.1 Å². The summed E-state index contributed by atoms with van der Waals surface area (Å²) in [5, 5.41) is 10.9. The maximum absolute atomic E-state index is 12.6. The minimum absolute atomic E-state index is 0.238. The van der Waals surface area contributed by atoms with Crippen molar-refractivity contribution in [3.05, 3.63) is 39.3 Å². The number of carbonyl (C=O) groups is 1. The first-order valence-corrected chi connectivity index (χ1v) is 7.01. The molecule has 118 valence electrons. The summed E-state index contributed by atoms with van der Waals surface area (Å²) in [6.07, 6.45) is -3.32. The standard InChI is InChI=1S/C12H11F3N4O2S/c1-2-9-17-18-11(22-9)16-8(20)6-19-5-7(12(13,14)15)3-4-10(19)21/h3-5H,2,6H2,1H3,(H,16,18,20). The van der Waals surface area contributed by atoms with E-state index < -0.39 is 29.8 Å². The third-order valence-electron chi connectivity index (χ3n) is 2.64. The van der Waals surface area contributed by atoms with Gasteiger partial charge in [-0.05, 0) is 12.5 Å². The number of anilines is 1. The van der Waals surface area contributed by atoms with Gasteiger partial charge in [0, 0.05) is 12.3 Å². The number of nitrogens with one attached hydrogen (secondary N) is 1. The normalized spacial score (nSPS) is 11.5. The van der Waals surface area contributed by atoms with Gasteiger partial charge in [0.05, 0.1) is 5.56 Å². The minimum atomic E-state index is -4.58. The lowest BCUT2D eigenvalue weighted by atomic mass is 10.3. The molecule has 0 radical (unpaired) electrons. The van der Waals surface area contributed by atoms with Crippen LogP contribution < -0.4 is 10.9 Å². The third-order valence-corrected chi connectivity index (χ3v) is 3.62. The van der Waals surface area contributed by atoms with Crippen molar-refractivity contribution in [2.75, 3.05) is 5.32 Å². The summed E-state index contributed by atoms with van der Waals surface area (Å²) in [5.41, 5.74) is -1.70. The molecule has 0 aliphatic carbocycles. The zero-order chi connectivity index (χ0) is 16.3. The molecule has 0 saturated heterocycles. The number of rotatable bonds is 4. The third kappa shape index (κ3) is 3.91. The Bertz CT molecular complexity index is 738. The van der Waals surface area contributed by atoms with E-state index in [1.807, 2.05) is 6.92 Å². The van der Waals surface area contributed by atoms with E-state index >= 15 is 0 Å². The zero-order valence-corrected chi connectivity index (χ0v) is 12.2. The second-order valence-corrected chi connectivity index (χ2v) is 5.35. The van der Waals surface area contributed by atoms with Crippen LogP contribution in [0, 0.1) is 0 Å². The molecule has 0 fully saturated rings. The van der Waals surface area contributed by atoms with Gasteiger partial charge in [0.15, 0.2) is 0 Å². The van der Waals surface area contributed by atoms with Gasteiger partial charge in [0.1, 0.15) is 11.6 Å². The molecule has 2 rings (SSSR count). The van der Waals surface area contributed by atoms with Crippen LogP contribution in [0.4, 0.5) is 18.3 Å². The lowest BCUT2D eigenvalue weighted by Gasteiger charge is -2.10. The second-order valence-electron chi connectivity index (χ2n) is 4.28. The summed E-state index contributed by atoms with van der Waals surface area (Å²) in [5.74, 6) is -0.653. The molecular weight excluding hydrogens is 321 g/mol. The van der Waals surface area contributed by atoms with E-state index in [-0.39, 0.29) is 5.13 Å². The average Bonchev–Trinajstić information content (AvgIpc) is 2.87. The van der Waals surface area contributed by atoms with Crippen LogP contribution in [0.3, 0.4) is 0 Å². The highest BCUT2D eigenvalue weighted by Crippen LogP contribution is 2.28. The lowest BCUT2D eigenvalue weighted by Crippen LogP contribution is -2.28. The van der Waals surface area contributed by atoms with Gasteiger partial charge in [0.2, 0.25) is 11.0 Å². The number of hydrogen-bond donors (Lipinski definition) is 1. The van der Waals surface area contributed by atoms with Crippen molar-refractivity contribution >= 4 is 22.4 Å². The molecule has 1 amide bonds. The van der Waals surface area contributed by atoms with E-state index in [2.05, 4.69) is 15.5 Å². The fourth-order valence-electron chi connectivity index (χ4n) is 1.58. The molecule has 0 spiro atoms. The Labute approximate surface area is 126 Å². The van der Waals surface area contributed by atoms with Crippen LogP contribution >= 0.6 is 11.3 Å². The van der Waals surface area contributed by atoms with Crippen molar-refractivity contribution in [2.24, 2.45) is 0 Å². The van der Waals surface area contributed by atoms with Gasteiger partial charge in [0.25, 0.3) is 5.56 Å². The SMILES string of the molecule is CCc1nnc(NC(=O)Cn2cc(C(F)(F)F)ccc2=O)s1. The fourth-order valence-corrected chi connectivity index (χ4v) is 2.28. The highest BCUT2D eigenvalue weighted by Gasteiger charge is 2.31. The van der Waals surface area contributed by atoms with Crippen molar-refractivity contribution in [3.63, 3.8) is 0 Å². The molecule has 0 aromatic carbocycles. The van der Waals surface area contributed by atoms with E-state index in [0.29, 0.717) is 28.3 Å². The van der Waals surface area contributed by atoms with E-state index in [4.69, 9.17) is 0 Å². The Kier molecular flexibility index (Phi) is 4.59. The van der Waals surface area contributed by atoms with Gasteiger partial charge in [-0.25, -0.2) is 0 Å². The Morgan fingerprint density at radius 2 is 2.09 bits per heavy atom. The number of hydrogen-bond acceptors (Lipinski definition) is 5. The van der Waals surface area contributed by atoms with Gasteiger partial charge in [-0.3, -0.25) is 14.9 Å². The summed E-state index contributed by atoms with van der Waals surface area (Å²) >= 11 is 1.16. The van der Waals surface area contributed by atoms with Crippen LogP contribution in [0.5, 0.6) is 0 Å². The number of halogens is 3. The highest BCUT2D eigenvalue weighted by atomic mass is 32.1. The smallest absolute Gasteiger partial charge is 0.305 e. The quantitative estimate of drug-likeness (QED) is 0.928. The summed E-state index contributed by atoms with van der Waals surface area (Å²) in [6.45, 7) is 1.33. The minimum Gasteiger partial charge on any atom is -0.305 e. The molecule has 2 aromatic rings. The van der Waals surface area contributed by atoms with Crippen LogP contribution in [0.2, 0.25) is 0 Å². The van der Waals surface area contributed by atoms with Crippen LogP contribution in [-0.2, 0) is 23.9 Å². The summed E-state index contributed by atoms with van der Waals surface area (Å²) < 4.78 is 38.5. The lowest BCUT2D eigenvalue weighted by molar-refractivity contribution is -0.138. The first-order chi connectivity index (χ1) is 10.3. The molecule has 0 aliphatic rings. The van der Waals surface area contributed by atoms with Crippen molar-refractivity contribution in [1.82, 2.24) is 14.8 Å². The molecule has 2 aromatic heterocycles. The van der Waals surface area contributed by atoms with Crippen molar-refractivity contribution in [2.45, 2.75) is 26.1 Å². The van der Waals surface area contributed by atoms with Crippen molar-refractivity contribution in [1.29, 1.82) is 0 Å². The topological polar surface area (TPSA) is 76.9 Å². The van der Waals surface area contributed by atoms with E-state index in [1.165, 1.54) is 0 Å². The Hall–Kier alpha value is -2.23.